The lowest BCUT2D eigenvalue weighted by Crippen LogP contribution is -1.98. The Balaban J connectivity index is 2.27. The molecule has 0 radical (unpaired) electrons. The Labute approximate surface area is 92.6 Å². The number of carbonyl (C=O) groups is 1. The molecule has 0 fully saturated rings. The van der Waals surface area contributed by atoms with E-state index < -0.39 is 5.97 Å². The van der Waals surface area contributed by atoms with Crippen LogP contribution < -0.4 is 0 Å². The number of aryl methyl sites for hydroxylation is 1. The molecule has 0 bridgehead atoms. The van der Waals surface area contributed by atoms with Crippen LogP contribution in [0.5, 0.6) is 0 Å². The zero-order valence-electron chi connectivity index (χ0n) is 8.59. The van der Waals surface area contributed by atoms with Gasteiger partial charge in [-0.05, 0) is 12.0 Å². The summed E-state index contributed by atoms with van der Waals surface area (Å²) in [6.07, 6.45) is 3.60. The normalized spacial score (nSPS) is 10.2. The Morgan fingerprint density at radius 1 is 1.38 bits per heavy atom. The molecule has 82 valence electrons. The molecule has 16 heavy (non-hydrogen) atoms. The van der Waals surface area contributed by atoms with Crippen molar-refractivity contribution in [1.82, 2.24) is 4.98 Å². The average Bonchev–Trinajstić information content (AvgIpc) is 2.80. The lowest BCUT2D eigenvalue weighted by atomic mass is 10.0. The Kier molecular flexibility index (Phi) is 3.00. The van der Waals surface area contributed by atoms with Crippen LogP contribution in [0.1, 0.15) is 12.0 Å². The third-order valence-electron chi connectivity index (χ3n) is 2.32. The molecule has 1 N–H and O–H groups in total. The van der Waals surface area contributed by atoms with Crippen molar-refractivity contribution in [2.75, 3.05) is 0 Å². The predicted molar refractivity (Wildman–Crippen MR) is 57.9 cm³/mol. The van der Waals surface area contributed by atoms with Crippen molar-refractivity contribution in [2.45, 2.75) is 12.8 Å². The molecular weight excluding hydrogens is 206 g/mol. The van der Waals surface area contributed by atoms with Crippen molar-refractivity contribution >= 4 is 5.97 Å². The van der Waals surface area contributed by atoms with Crippen LogP contribution in [0.3, 0.4) is 0 Å². The van der Waals surface area contributed by atoms with E-state index in [1.807, 2.05) is 24.3 Å². The third-order valence-corrected chi connectivity index (χ3v) is 2.32. The summed E-state index contributed by atoms with van der Waals surface area (Å²) < 4.78 is 5.21. The minimum atomic E-state index is -0.799. The van der Waals surface area contributed by atoms with E-state index in [0.29, 0.717) is 12.2 Å². The summed E-state index contributed by atoms with van der Waals surface area (Å²) >= 11 is 0. The second-order valence-electron chi connectivity index (χ2n) is 3.42. The molecule has 4 heteroatoms. The van der Waals surface area contributed by atoms with Gasteiger partial charge in [-0.25, -0.2) is 4.98 Å². The fourth-order valence-corrected chi connectivity index (χ4v) is 1.57. The Morgan fingerprint density at radius 3 is 2.88 bits per heavy atom. The van der Waals surface area contributed by atoms with Gasteiger partial charge in [-0.2, -0.15) is 0 Å². The number of hydrogen-bond acceptors (Lipinski definition) is 3. The molecular formula is C12H11NO3. The van der Waals surface area contributed by atoms with E-state index in [2.05, 4.69) is 4.98 Å². The van der Waals surface area contributed by atoms with Crippen LogP contribution in [0, 0.1) is 0 Å². The Morgan fingerprint density at radius 2 is 2.19 bits per heavy atom. The van der Waals surface area contributed by atoms with Gasteiger partial charge < -0.3 is 9.52 Å². The predicted octanol–water partition coefficient (Wildman–Crippen LogP) is 2.36. The molecule has 2 rings (SSSR count). The smallest absolute Gasteiger partial charge is 0.303 e. The number of oxazole rings is 1. The van der Waals surface area contributed by atoms with E-state index in [4.69, 9.17) is 9.52 Å². The lowest BCUT2D eigenvalue weighted by Gasteiger charge is -2.04. The van der Waals surface area contributed by atoms with Gasteiger partial charge in [0, 0.05) is 12.0 Å². The van der Waals surface area contributed by atoms with Gasteiger partial charge in [-0.1, -0.05) is 24.3 Å². The van der Waals surface area contributed by atoms with Crippen molar-refractivity contribution < 1.29 is 14.3 Å². The Hall–Kier alpha value is -2.10. The highest BCUT2D eigenvalue weighted by Crippen LogP contribution is 2.23. The van der Waals surface area contributed by atoms with Crippen LogP contribution in [-0.4, -0.2) is 16.1 Å². The molecule has 4 nitrogen and oxygen atoms in total. The number of aliphatic carboxylic acids is 1. The number of carboxylic acid groups (broad SMARTS) is 1. The molecule has 0 aliphatic rings. The van der Waals surface area contributed by atoms with E-state index in [-0.39, 0.29) is 6.42 Å². The first-order valence-electron chi connectivity index (χ1n) is 4.96. The van der Waals surface area contributed by atoms with E-state index in [9.17, 15) is 4.79 Å². The summed E-state index contributed by atoms with van der Waals surface area (Å²) in [5, 5.41) is 8.66. The number of hydrogen-bond donors (Lipinski definition) is 1. The molecule has 0 spiro atoms. The zero-order chi connectivity index (χ0) is 11.4. The van der Waals surface area contributed by atoms with Gasteiger partial charge in [0.2, 0.25) is 0 Å². The van der Waals surface area contributed by atoms with Crippen molar-refractivity contribution in [3.05, 3.63) is 42.4 Å². The van der Waals surface area contributed by atoms with Gasteiger partial charge in [-0.15, -0.1) is 0 Å². The molecule has 1 aromatic heterocycles. The van der Waals surface area contributed by atoms with Crippen LogP contribution >= 0.6 is 0 Å². The van der Waals surface area contributed by atoms with E-state index in [0.717, 1.165) is 11.1 Å². The summed E-state index contributed by atoms with van der Waals surface area (Å²) in [5.74, 6) is -0.131. The lowest BCUT2D eigenvalue weighted by molar-refractivity contribution is -0.136. The Bertz CT molecular complexity index is 477. The van der Waals surface area contributed by atoms with Gasteiger partial charge in [0.15, 0.2) is 12.2 Å². The van der Waals surface area contributed by atoms with Crippen LogP contribution in [-0.2, 0) is 11.2 Å². The quantitative estimate of drug-likeness (QED) is 0.853. The molecule has 0 aliphatic carbocycles. The molecule has 0 unspecified atom stereocenters. The van der Waals surface area contributed by atoms with Crippen molar-refractivity contribution in [1.29, 1.82) is 0 Å². The first-order valence-corrected chi connectivity index (χ1v) is 4.96. The molecule has 2 aromatic rings. The molecule has 1 heterocycles. The van der Waals surface area contributed by atoms with Gasteiger partial charge in [0.1, 0.15) is 0 Å². The fourth-order valence-electron chi connectivity index (χ4n) is 1.57. The molecule has 0 saturated heterocycles. The second-order valence-corrected chi connectivity index (χ2v) is 3.42. The molecule has 0 saturated carbocycles. The van der Waals surface area contributed by atoms with Crippen molar-refractivity contribution in [2.24, 2.45) is 0 Å². The summed E-state index contributed by atoms with van der Waals surface area (Å²) in [6.45, 7) is 0. The number of aromatic nitrogens is 1. The van der Waals surface area contributed by atoms with Crippen LogP contribution in [0.25, 0.3) is 11.3 Å². The number of nitrogens with zero attached hydrogens (tertiary/aromatic N) is 1. The summed E-state index contributed by atoms with van der Waals surface area (Å²) in [7, 11) is 0. The average molecular weight is 217 g/mol. The second kappa shape index (κ2) is 4.61. The maximum absolute atomic E-state index is 10.5. The topological polar surface area (TPSA) is 63.3 Å². The van der Waals surface area contributed by atoms with Crippen molar-refractivity contribution in [3.63, 3.8) is 0 Å². The monoisotopic (exact) mass is 217 g/mol. The van der Waals surface area contributed by atoms with Gasteiger partial charge in [0.05, 0.1) is 6.20 Å². The minimum Gasteiger partial charge on any atom is -0.481 e. The summed E-state index contributed by atoms with van der Waals surface area (Å²) in [6, 6.07) is 7.58. The molecule has 0 aliphatic heterocycles. The van der Waals surface area contributed by atoms with Crippen LogP contribution in [0.4, 0.5) is 0 Å². The van der Waals surface area contributed by atoms with Gasteiger partial charge in [-0.3, -0.25) is 4.79 Å². The van der Waals surface area contributed by atoms with Gasteiger partial charge >= 0.3 is 5.97 Å². The van der Waals surface area contributed by atoms with Crippen LogP contribution in [0.2, 0.25) is 0 Å². The van der Waals surface area contributed by atoms with Crippen molar-refractivity contribution in [3.8, 4) is 11.3 Å². The SMILES string of the molecule is O=C(O)CCc1ccccc1-c1cnco1. The number of benzene rings is 1. The first kappa shape index (κ1) is 10.4. The highest BCUT2D eigenvalue weighted by molar-refractivity contribution is 5.68. The largest absolute Gasteiger partial charge is 0.481 e. The molecule has 1 aromatic carbocycles. The van der Waals surface area contributed by atoms with Crippen LogP contribution in [0.15, 0.2) is 41.3 Å². The third kappa shape index (κ3) is 2.28. The van der Waals surface area contributed by atoms with E-state index in [1.165, 1.54) is 6.39 Å². The fraction of sp³-hybridized carbons (Fsp3) is 0.167. The number of rotatable bonds is 4. The number of carboxylic acids is 1. The minimum absolute atomic E-state index is 0.116. The molecule has 0 atom stereocenters. The highest BCUT2D eigenvalue weighted by Gasteiger charge is 2.08. The van der Waals surface area contributed by atoms with Gasteiger partial charge in [0.25, 0.3) is 0 Å². The summed E-state index contributed by atoms with van der Waals surface area (Å²) in [5.41, 5.74) is 1.86. The zero-order valence-corrected chi connectivity index (χ0v) is 8.59. The maximum atomic E-state index is 10.5. The van der Waals surface area contributed by atoms with E-state index >= 15 is 0 Å². The summed E-state index contributed by atoms with van der Waals surface area (Å²) in [4.78, 5) is 14.4. The highest BCUT2D eigenvalue weighted by atomic mass is 16.4. The molecule has 0 amide bonds. The van der Waals surface area contributed by atoms with E-state index in [1.54, 1.807) is 6.20 Å². The standard InChI is InChI=1S/C12H11NO3/c14-12(15)6-5-9-3-1-2-4-10(9)11-7-13-8-16-11/h1-4,7-8H,5-6H2,(H,14,15). The first-order chi connectivity index (χ1) is 7.77. The maximum Gasteiger partial charge on any atom is 0.303 e.